The number of anilines is 1. The molecule has 0 atom stereocenters. The molecule has 0 spiro atoms. The molecule has 1 N–H and O–H groups in total. The molecule has 0 saturated heterocycles. The van der Waals surface area contributed by atoms with E-state index in [-0.39, 0.29) is 5.82 Å². The number of hydrogen-bond acceptors (Lipinski definition) is 2. The van der Waals surface area contributed by atoms with E-state index < -0.39 is 0 Å². The minimum Gasteiger partial charge on any atom is -0.340 e. The maximum atomic E-state index is 13.2. The van der Waals surface area contributed by atoms with Crippen molar-refractivity contribution >= 4 is 11.4 Å². The van der Waals surface area contributed by atoms with Crippen molar-refractivity contribution in [1.82, 2.24) is 0 Å². The van der Waals surface area contributed by atoms with E-state index in [1.54, 1.807) is 31.2 Å². The van der Waals surface area contributed by atoms with Crippen molar-refractivity contribution in [2.75, 3.05) is 5.32 Å². The highest BCUT2D eigenvalue weighted by molar-refractivity contribution is 5.82. The molecule has 0 radical (unpaired) electrons. The van der Waals surface area contributed by atoms with Gasteiger partial charge in [0.15, 0.2) is 0 Å². The van der Waals surface area contributed by atoms with Crippen LogP contribution >= 0.6 is 0 Å². The van der Waals surface area contributed by atoms with Gasteiger partial charge in [-0.15, -0.1) is 0 Å². The normalized spacial score (nSPS) is 12.4. The van der Waals surface area contributed by atoms with Gasteiger partial charge in [0.05, 0.1) is 0 Å². The average Bonchev–Trinajstić information content (AvgIpc) is 2.34. The van der Waals surface area contributed by atoms with Crippen LogP contribution in [-0.2, 0) is 0 Å². The Kier molecular flexibility index (Phi) is 5.31. The molecule has 1 aromatic rings. The van der Waals surface area contributed by atoms with Crippen molar-refractivity contribution in [2.24, 2.45) is 4.99 Å². The van der Waals surface area contributed by atoms with Gasteiger partial charge in [-0.05, 0) is 50.1 Å². The number of nitrogens with zero attached hydrogens (tertiary/aromatic N) is 1. The molecule has 3 heteroatoms. The summed E-state index contributed by atoms with van der Waals surface area (Å²) in [6.45, 7) is 9.41. The molecule has 1 rings (SSSR count). The number of benzene rings is 1. The van der Waals surface area contributed by atoms with E-state index in [4.69, 9.17) is 0 Å². The maximum Gasteiger partial charge on any atom is 0.130 e. The molecule has 1 aromatic carbocycles. The fourth-order valence-electron chi connectivity index (χ4n) is 1.37. The van der Waals surface area contributed by atoms with Crippen LogP contribution in [0.25, 0.3) is 0 Å². The highest BCUT2D eigenvalue weighted by atomic mass is 19.1. The Hall–Kier alpha value is -1.90. The van der Waals surface area contributed by atoms with Crippen LogP contribution in [-0.4, -0.2) is 5.71 Å². The van der Waals surface area contributed by atoms with Gasteiger partial charge < -0.3 is 5.32 Å². The van der Waals surface area contributed by atoms with Crippen LogP contribution in [0, 0.1) is 12.7 Å². The van der Waals surface area contributed by atoms with E-state index in [1.807, 2.05) is 13.8 Å². The summed E-state index contributed by atoms with van der Waals surface area (Å²) in [6, 6.07) is 4.89. The molecule has 0 aliphatic carbocycles. The average molecular weight is 246 g/mol. The van der Waals surface area contributed by atoms with Crippen LogP contribution in [0.15, 0.2) is 47.7 Å². The van der Waals surface area contributed by atoms with Gasteiger partial charge in [0, 0.05) is 11.4 Å². The number of allylic oxidation sites excluding steroid dienone is 2. The number of aryl methyl sites for hydroxylation is 1. The van der Waals surface area contributed by atoms with E-state index in [2.05, 4.69) is 16.9 Å². The van der Waals surface area contributed by atoms with Gasteiger partial charge in [-0.3, -0.25) is 0 Å². The predicted molar refractivity (Wildman–Crippen MR) is 76.4 cm³/mol. The number of halogens is 1. The van der Waals surface area contributed by atoms with E-state index >= 15 is 0 Å². The van der Waals surface area contributed by atoms with Crippen LogP contribution in [0.5, 0.6) is 0 Å². The SMILES string of the molecule is C=C/C=C(\N=C(\C)CC)Nc1ccc(F)c(C)c1. The van der Waals surface area contributed by atoms with Crippen molar-refractivity contribution < 1.29 is 4.39 Å². The Balaban J connectivity index is 2.94. The predicted octanol–water partition coefficient (Wildman–Crippen LogP) is 4.44. The minimum atomic E-state index is -0.206. The second-order valence-corrected chi connectivity index (χ2v) is 4.08. The third-order valence-corrected chi connectivity index (χ3v) is 2.53. The topological polar surface area (TPSA) is 24.4 Å². The number of nitrogens with one attached hydrogen (secondary N) is 1. The molecule has 2 nitrogen and oxygen atoms in total. The number of hydrogen-bond donors (Lipinski definition) is 1. The van der Waals surface area contributed by atoms with Gasteiger partial charge in [0.25, 0.3) is 0 Å². The summed E-state index contributed by atoms with van der Waals surface area (Å²) in [4.78, 5) is 4.43. The van der Waals surface area contributed by atoms with Gasteiger partial charge in [-0.25, -0.2) is 9.38 Å². The largest absolute Gasteiger partial charge is 0.340 e. The van der Waals surface area contributed by atoms with Gasteiger partial charge in [-0.1, -0.05) is 19.6 Å². The first-order chi connectivity index (χ1) is 8.56. The molecule has 0 saturated carbocycles. The van der Waals surface area contributed by atoms with Gasteiger partial charge in [0.1, 0.15) is 11.6 Å². The Morgan fingerprint density at radius 2 is 2.22 bits per heavy atom. The first-order valence-electron chi connectivity index (χ1n) is 5.97. The third-order valence-electron chi connectivity index (χ3n) is 2.53. The Morgan fingerprint density at radius 1 is 1.50 bits per heavy atom. The van der Waals surface area contributed by atoms with Gasteiger partial charge in [0.2, 0.25) is 0 Å². The molecule has 0 aromatic heterocycles. The van der Waals surface area contributed by atoms with Crippen molar-refractivity contribution in [3.05, 3.63) is 54.1 Å². The summed E-state index contributed by atoms with van der Waals surface area (Å²) in [7, 11) is 0. The molecule has 0 aliphatic heterocycles. The fraction of sp³-hybridized carbons (Fsp3) is 0.267. The van der Waals surface area contributed by atoms with Crippen LogP contribution < -0.4 is 5.32 Å². The fourth-order valence-corrected chi connectivity index (χ4v) is 1.37. The molecule has 0 unspecified atom stereocenters. The summed E-state index contributed by atoms with van der Waals surface area (Å²) in [5.74, 6) is 0.499. The van der Waals surface area contributed by atoms with Crippen LogP contribution in [0.2, 0.25) is 0 Å². The standard InChI is InChI=1S/C15H19FN2/c1-5-7-15(17-12(4)6-2)18-13-8-9-14(16)11(3)10-13/h5,7-10,18H,1,6H2,2-4H3/b15-7+,17-12-. The summed E-state index contributed by atoms with van der Waals surface area (Å²) >= 11 is 0. The second-order valence-electron chi connectivity index (χ2n) is 4.08. The lowest BCUT2D eigenvalue weighted by Gasteiger charge is -2.08. The highest BCUT2D eigenvalue weighted by Gasteiger charge is 2.00. The van der Waals surface area contributed by atoms with E-state index in [0.717, 1.165) is 17.8 Å². The lowest BCUT2D eigenvalue weighted by molar-refractivity contribution is 0.619. The van der Waals surface area contributed by atoms with Gasteiger partial charge >= 0.3 is 0 Å². The molecule has 0 bridgehead atoms. The molecule has 96 valence electrons. The lowest BCUT2D eigenvalue weighted by atomic mass is 10.2. The third kappa shape index (κ3) is 4.17. The lowest BCUT2D eigenvalue weighted by Crippen LogP contribution is -2.00. The zero-order valence-electron chi connectivity index (χ0n) is 11.1. The van der Waals surface area contributed by atoms with Crippen molar-refractivity contribution in [2.45, 2.75) is 27.2 Å². The number of aliphatic imine (C=N–C) groups is 1. The summed E-state index contributed by atoms with van der Waals surface area (Å²) in [6.07, 6.45) is 4.35. The monoisotopic (exact) mass is 246 g/mol. The number of rotatable bonds is 5. The van der Waals surface area contributed by atoms with Crippen LogP contribution in [0.3, 0.4) is 0 Å². The molecule has 0 aliphatic rings. The van der Waals surface area contributed by atoms with E-state index in [0.29, 0.717) is 11.4 Å². The van der Waals surface area contributed by atoms with Crippen LogP contribution in [0.1, 0.15) is 25.8 Å². The molecule has 0 amide bonds. The first kappa shape index (κ1) is 14.2. The Morgan fingerprint density at radius 3 is 2.78 bits per heavy atom. The van der Waals surface area contributed by atoms with Crippen molar-refractivity contribution in [1.29, 1.82) is 0 Å². The quantitative estimate of drug-likeness (QED) is 0.602. The molecular weight excluding hydrogens is 227 g/mol. The molecule has 18 heavy (non-hydrogen) atoms. The molecule has 0 fully saturated rings. The highest BCUT2D eigenvalue weighted by Crippen LogP contribution is 2.16. The van der Waals surface area contributed by atoms with Crippen molar-refractivity contribution in [3.8, 4) is 0 Å². The summed E-state index contributed by atoms with van der Waals surface area (Å²) in [5, 5.41) is 3.15. The van der Waals surface area contributed by atoms with E-state index in [1.165, 1.54) is 6.07 Å². The Bertz CT molecular complexity index is 487. The minimum absolute atomic E-state index is 0.206. The van der Waals surface area contributed by atoms with E-state index in [9.17, 15) is 4.39 Å². The second kappa shape index (κ2) is 6.74. The summed E-state index contributed by atoms with van der Waals surface area (Å²) < 4.78 is 13.2. The summed E-state index contributed by atoms with van der Waals surface area (Å²) in [5.41, 5.74) is 2.44. The molecular formula is C15H19FN2. The maximum absolute atomic E-state index is 13.2. The van der Waals surface area contributed by atoms with Gasteiger partial charge in [-0.2, -0.15) is 0 Å². The smallest absolute Gasteiger partial charge is 0.130 e. The van der Waals surface area contributed by atoms with Crippen LogP contribution in [0.4, 0.5) is 10.1 Å². The molecule has 0 heterocycles. The zero-order valence-corrected chi connectivity index (χ0v) is 11.1. The first-order valence-corrected chi connectivity index (χ1v) is 5.97. The van der Waals surface area contributed by atoms with Crippen molar-refractivity contribution in [3.63, 3.8) is 0 Å². The zero-order chi connectivity index (χ0) is 13.5. The Labute approximate surface area is 108 Å².